The van der Waals surface area contributed by atoms with Gasteiger partial charge in [-0.1, -0.05) is 12.1 Å². The van der Waals surface area contributed by atoms with Crippen LogP contribution in [0.4, 0.5) is 17.2 Å². The number of carbonyl (C=O) groups is 1. The number of carbonyl (C=O) groups excluding carboxylic acids is 1. The molecule has 3 rings (SSSR count). The molecular formula is C22H23N3O2. The molecule has 0 aliphatic rings. The fourth-order valence-corrected chi connectivity index (χ4v) is 2.86. The SMILES string of the molecule is CCN(c1ccc(NC(=O)c2ccc(OC)cc2)nc1)c1cccc(C)c1. The Kier molecular flexibility index (Phi) is 5.71. The number of aryl methyl sites for hydroxylation is 1. The number of methoxy groups -OCH3 is 1. The van der Waals surface area contributed by atoms with Crippen molar-refractivity contribution in [2.24, 2.45) is 0 Å². The second kappa shape index (κ2) is 8.36. The van der Waals surface area contributed by atoms with Crippen LogP contribution >= 0.6 is 0 Å². The summed E-state index contributed by atoms with van der Waals surface area (Å²) in [5.41, 5.74) is 3.86. The Hall–Kier alpha value is -3.34. The minimum absolute atomic E-state index is 0.205. The molecule has 3 aromatic rings. The summed E-state index contributed by atoms with van der Waals surface area (Å²) >= 11 is 0. The molecule has 1 amide bonds. The summed E-state index contributed by atoms with van der Waals surface area (Å²) in [6.07, 6.45) is 1.77. The first kappa shape index (κ1) is 18.5. The third kappa shape index (κ3) is 4.44. The maximum Gasteiger partial charge on any atom is 0.256 e. The highest BCUT2D eigenvalue weighted by atomic mass is 16.5. The van der Waals surface area contributed by atoms with Crippen LogP contribution in [0.1, 0.15) is 22.8 Å². The molecule has 0 saturated heterocycles. The number of aromatic nitrogens is 1. The largest absolute Gasteiger partial charge is 0.497 e. The summed E-state index contributed by atoms with van der Waals surface area (Å²) in [4.78, 5) is 18.9. The van der Waals surface area contributed by atoms with Crippen LogP contribution in [-0.2, 0) is 0 Å². The number of rotatable bonds is 6. The Balaban J connectivity index is 1.73. The lowest BCUT2D eigenvalue weighted by Crippen LogP contribution is -2.17. The van der Waals surface area contributed by atoms with E-state index in [1.165, 1.54) is 5.56 Å². The van der Waals surface area contributed by atoms with E-state index in [4.69, 9.17) is 4.74 Å². The molecule has 0 bridgehead atoms. The van der Waals surface area contributed by atoms with Crippen molar-refractivity contribution in [2.45, 2.75) is 13.8 Å². The Morgan fingerprint density at radius 1 is 1.07 bits per heavy atom. The topological polar surface area (TPSA) is 54.5 Å². The van der Waals surface area contributed by atoms with E-state index < -0.39 is 0 Å². The summed E-state index contributed by atoms with van der Waals surface area (Å²) in [6.45, 7) is 5.00. The Bertz CT molecular complexity index is 906. The van der Waals surface area contributed by atoms with Gasteiger partial charge in [-0.3, -0.25) is 4.79 Å². The molecule has 1 heterocycles. The molecule has 27 heavy (non-hydrogen) atoms. The molecule has 0 spiro atoms. The van der Waals surface area contributed by atoms with Gasteiger partial charge in [0.2, 0.25) is 0 Å². The molecule has 0 fully saturated rings. The minimum atomic E-state index is -0.205. The number of hydrogen-bond donors (Lipinski definition) is 1. The van der Waals surface area contributed by atoms with Crippen LogP contribution in [0, 0.1) is 6.92 Å². The van der Waals surface area contributed by atoms with E-state index in [1.54, 1.807) is 37.6 Å². The van der Waals surface area contributed by atoms with Crippen LogP contribution in [0.15, 0.2) is 66.9 Å². The molecule has 138 valence electrons. The Morgan fingerprint density at radius 2 is 1.85 bits per heavy atom. The smallest absolute Gasteiger partial charge is 0.256 e. The van der Waals surface area contributed by atoms with E-state index in [0.717, 1.165) is 17.9 Å². The molecule has 1 aromatic heterocycles. The molecule has 1 N–H and O–H groups in total. The zero-order valence-electron chi connectivity index (χ0n) is 15.8. The zero-order valence-corrected chi connectivity index (χ0v) is 15.8. The van der Waals surface area contributed by atoms with E-state index >= 15 is 0 Å². The van der Waals surface area contributed by atoms with Gasteiger partial charge in [0.25, 0.3) is 5.91 Å². The van der Waals surface area contributed by atoms with E-state index in [-0.39, 0.29) is 5.91 Å². The highest BCUT2D eigenvalue weighted by Gasteiger charge is 2.10. The van der Waals surface area contributed by atoms with Crippen LogP contribution in [0.5, 0.6) is 5.75 Å². The van der Waals surface area contributed by atoms with Crippen LogP contribution in [0.25, 0.3) is 0 Å². The number of nitrogens with one attached hydrogen (secondary N) is 1. The van der Waals surface area contributed by atoms with Crippen molar-refractivity contribution in [3.63, 3.8) is 0 Å². The fourth-order valence-electron chi connectivity index (χ4n) is 2.86. The predicted molar refractivity (Wildman–Crippen MR) is 109 cm³/mol. The van der Waals surface area contributed by atoms with Crippen molar-refractivity contribution in [1.82, 2.24) is 4.98 Å². The van der Waals surface area contributed by atoms with Crippen molar-refractivity contribution in [1.29, 1.82) is 0 Å². The molecule has 0 atom stereocenters. The minimum Gasteiger partial charge on any atom is -0.497 e. The first-order chi connectivity index (χ1) is 13.1. The van der Waals surface area contributed by atoms with Crippen LogP contribution in [0.3, 0.4) is 0 Å². The van der Waals surface area contributed by atoms with Crippen LogP contribution in [0.2, 0.25) is 0 Å². The van der Waals surface area contributed by atoms with Crippen LogP contribution < -0.4 is 15.0 Å². The third-order valence-corrected chi connectivity index (χ3v) is 4.28. The lowest BCUT2D eigenvalue weighted by Gasteiger charge is -2.23. The summed E-state index contributed by atoms with van der Waals surface area (Å²) < 4.78 is 5.11. The number of benzene rings is 2. The van der Waals surface area contributed by atoms with Crippen LogP contribution in [-0.4, -0.2) is 24.5 Å². The van der Waals surface area contributed by atoms with Crippen molar-refractivity contribution in [3.8, 4) is 5.75 Å². The number of anilines is 3. The van der Waals surface area contributed by atoms with Gasteiger partial charge in [-0.25, -0.2) is 4.98 Å². The van der Waals surface area contributed by atoms with E-state index in [0.29, 0.717) is 17.1 Å². The highest BCUT2D eigenvalue weighted by Crippen LogP contribution is 2.26. The Morgan fingerprint density at radius 3 is 2.44 bits per heavy atom. The number of ether oxygens (including phenoxy) is 1. The number of nitrogens with zero attached hydrogens (tertiary/aromatic N) is 2. The second-order valence-corrected chi connectivity index (χ2v) is 6.17. The van der Waals surface area contributed by atoms with Gasteiger partial charge in [0, 0.05) is 17.8 Å². The lowest BCUT2D eigenvalue weighted by atomic mass is 10.2. The average molecular weight is 361 g/mol. The Labute approximate surface area is 159 Å². The molecule has 0 unspecified atom stereocenters. The van der Waals surface area contributed by atoms with Gasteiger partial charge in [0.05, 0.1) is 19.0 Å². The molecule has 5 heteroatoms. The molecule has 0 saturated carbocycles. The van der Waals surface area contributed by atoms with Gasteiger partial charge in [-0.05, 0) is 67.9 Å². The standard InChI is InChI=1S/C22H23N3O2/c1-4-25(18-7-5-6-16(2)14-18)19-10-13-21(23-15-19)24-22(26)17-8-11-20(27-3)12-9-17/h5-15H,4H2,1-3H3,(H,23,24,26). The molecular weight excluding hydrogens is 338 g/mol. The summed E-state index contributed by atoms with van der Waals surface area (Å²) in [5.74, 6) is 1.02. The number of pyridine rings is 1. The van der Waals surface area contributed by atoms with Gasteiger partial charge < -0.3 is 15.0 Å². The molecule has 0 aliphatic carbocycles. The van der Waals surface area contributed by atoms with E-state index in [2.05, 4.69) is 47.2 Å². The molecule has 2 aromatic carbocycles. The maximum atomic E-state index is 12.3. The first-order valence-electron chi connectivity index (χ1n) is 8.86. The lowest BCUT2D eigenvalue weighted by molar-refractivity contribution is 0.102. The normalized spacial score (nSPS) is 10.3. The van der Waals surface area contributed by atoms with Gasteiger partial charge in [-0.2, -0.15) is 0 Å². The second-order valence-electron chi connectivity index (χ2n) is 6.17. The number of amides is 1. The van der Waals surface area contributed by atoms with E-state index in [9.17, 15) is 4.79 Å². The van der Waals surface area contributed by atoms with Gasteiger partial charge in [-0.15, -0.1) is 0 Å². The van der Waals surface area contributed by atoms with Crippen molar-refractivity contribution in [2.75, 3.05) is 23.9 Å². The summed E-state index contributed by atoms with van der Waals surface area (Å²) in [7, 11) is 1.59. The average Bonchev–Trinajstić information content (AvgIpc) is 2.70. The molecule has 5 nitrogen and oxygen atoms in total. The predicted octanol–water partition coefficient (Wildman–Crippen LogP) is 4.81. The number of hydrogen-bond acceptors (Lipinski definition) is 4. The first-order valence-corrected chi connectivity index (χ1v) is 8.86. The fraction of sp³-hybridized carbons (Fsp3) is 0.182. The van der Waals surface area contributed by atoms with E-state index in [1.807, 2.05) is 18.2 Å². The van der Waals surface area contributed by atoms with Crippen molar-refractivity contribution < 1.29 is 9.53 Å². The third-order valence-electron chi connectivity index (χ3n) is 4.28. The van der Waals surface area contributed by atoms with Gasteiger partial charge in [0.15, 0.2) is 0 Å². The van der Waals surface area contributed by atoms with Gasteiger partial charge >= 0.3 is 0 Å². The maximum absolute atomic E-state index is 12.3. The summed E-state index contributed by atoms with van der Waals surface area (Å²) in [6, 6.07) is 19.1. The monoisotopic (exact) mass is 361 g/mol. The zero-order chi connectivity index (χ0) is 19.2. The molecule has 0 radical (unpaired) electrons. The van der Waals surface area contributed by atoms with Crippen molar-refractivity contribution >= 4 is 23.1 Å². The molecule has 0 aliphatic heterocycles. The summed E-state index contributed by atoms with van der Waals surface area (Å²) in [5, 5.41) is 2.82. The quantitative estimate of drug-likeness (QED) is 0.685. The highest BCUT2D eigenvalue weighted by molar-refractivity contribution is 6.03. The van der Waals surface area contributed by atoms with Crippen molar-refractivity contribution in [3.05, 3.63) is 78.0 Å². The van der Waals surface area contributed by atoms with Gasteiger partial charge in [0.1, 0.15) is 11.6 Å².